The van der Waals surface area contributed by atoms with Gasteiger partial charge in [0, 0.05) is 0 Å². The van der Waals surface area contributed by atoms with Crippen molar-refractivity contribution < 1.29 is 9.78 Å². The molecule has 3 atom stereocenters. The van der Waals surface area contributed by atoms with Crippen LogP contribution >= 0.6 is 0 Å². The van der Waals surface area contributed by atoms with E-state index in [1.807, 2.05) is 0 Å². The van der Waals surface area contributed by atoms with Crippen LogP contribution in [0, 0.1) is 11.8 Å². The molecule has 0 radical (unpaired) electrons. The molecule has 12 heavy (non-hydrogen) atoms. The van der Waals surface area contributed by atoms with E-state index in [0.29, 0.717) is 6.10 Å². The van der Waals surface area contributed by atoms with Crippen molar-refractivity contribution >= 4 is 0 Å². The third kappa shape index (κ3) is 1.17. The van der Waals surface area contributed by atoms with E-state index < -0.39 is 0 Å². The Morgan fingerprint density at radius 2 is 2.17 bits per heavy atom. The predicted octanol–water partition coefficient (Wildman–Crippen LogP) is 2.53. The van der Waals surface area contributed by atoms with Crippen molar-refractivity contribution in [2.75, 3.05) is 0 Å². The Hall–Kier alpha value is -0.0800. The predicted molar refractivity (Wildman–Crippen MR) is 46.5 cm³/mol. The van der Waals surface area contributed by atoms with Gasteiger partial charge in [-0.3, -0.25) is 0 Å². The molecule has 1 saturated carbocycles. The van der Waals surface area contributed by atoms with Crippen LogP contribution in [0.5, 0.6) is 0 Å². The summed E-state index contributed by atoms with van der Waals surface area (Å²) in [4.78, 5) is 10.3. The van der Waals surface area contributed by atoms with Gasteiger partial charge in [-0.05, 0) is 38.0 Å². The maximum atomic E-state index is 5.15. The van der Waals surface area contributed by atoms with Gasteiger partial charge < -0.3 is 0 Å². The third-order valence-electron chi connectivity index (χ3n) is 3.51. The van der Waals surface area contributed by atoms with Crippen molar-refractivity contribution in [1.82, 2.24) is 0 Å². The number of hydrogen-bond acceptors (Lipinski definition) is 2. The van der Waals surface area contributed by atoms with E-state index in [1.54, 1.807) is 0 Å². The first-order valence-corrected chi connectivity index (χ1v) is 4.96. The van der Waals surface area contributed by atoms with Crippen molar-refractivity contribution in [1.29, 1.82) is 0 Å². The summed E-state index contributed by atoms with van der Waals surface area (Å²) in [5, 5.41) is 0. The van der Waals surface area contributed by atoms with Crippen LogP contribution in [0.15, 0.2) is 0 Å². The summed E-state index contributed by atoms with van der Waals surface area (Å²) >= 11 is 0. The van der Waals surface area contributed by atoms with Gasteiger partial charge in [-0.1, -0.05) is 13.8 Å². The van der Waals surface area contributed by atoms with Gasteiger partial charge >= 0.3 is 0 Å². The van der Waals surface area contributed by atoms with Crippen LogP contribution in [0.3, 0.4) is 0 Å². The van der Waals surface area contributed by atoms with Gasteiger partial charge in [0.05, 0.1) is 0 Å². The van der Waals surface area contributed by atoms with Gasteiger partial charge in [0.15, 0.2) is 0 Å². The number of rotatable bonds is 1. The molecule has 2 aliphatic rings. The van der Waals surface area contributed by atoms with E-state index in [9.17, 15) is 0 Å². The Morgan fingerprint density at radius 3 is 2.58 bits per heavy atom. The van der Waals surface area contributed by atoms with Crippen LogP contribution in [0.1, 0.15) is 40.0 Å². The maximum Gasteiger partial charge on any atom is 0.130 e. The maximum absolute atomic E-state index is 5.15. The first-order valence-electron chi connectivity index (χ1n) is 4.96. The lowest BCUT2D eigenvalue weighted by atomic mass is 9.73. The zero-order valence-corrected chi connectivity index (χ0v) is 8.17. The molecule has 0 amide bonds. The fraction of sp³-hybridized carbons (Fsp3) is 1.00. The van der Waals surface area contributed by atoms with E-state index in [0.717, 1.165) is 11.8 Å². The van der Waals surface area contributed by atoms with Crippen LogP contribution in [0.25, 0.3) is 0 Å². The van der Waals surface area contributed by atoms with Crippen LogP contribution in [0.4, 0.5) is 0 Å². The third-order valence-corrected chi connectivity index (χ3v) is 3.51. The van der Waals surface area contributed by atoms with Crippen molar-refractivity contribution in [3.8, 4) is 0 Å². The van der Waals surface area contributed by atoms with Crippen LogP contribution < -0.4 is 0 Å². The highest BCUT2D eigenvalue weighted by Crippen LogP contribution is 2.45. The smallest absolute Gasteiger partial charge is 0.130 e. The lowest BCUT2D eigenvalue weighted by Crippen LogP contribution is -2.57. The van der Waals surface area contributed by atoms with Crippen molar-refractivity contribution in [3.05, 3.63) is 0 Å². The first kappa shape index (κ1) is 8.52. The van der Waals surface area contributed by atoms with Crippen molar-refractivity contribution in [3.63, 3.8) is 0 Å². The average Bonchev–Trinajstić information content (AvgIpc) is 1.99. The van der Waals surface area contributed by atoms with E-state index in [4.69, 9.17) is 9.78 Å². The van der Waals surface area contributed by atoms with Gasteiger partial charge in [0.2, 0.25) is 0 Å². The Labute approximate surface area is 74.2 Å². The van der Waals surface area contributed by atoms with E-state index >= 15 is 0 Å². The molecule has 2 fully saturated rings. The highest BCUT2D eigenvalue weighted by atomic mass is 17.3. The van der Waals surface area contributed by atoms with E-state index in [-0.39, 0.29) is 5.60 Å². The first-order chi connectivity index (χ1) is 5.62. The molecular formula is C10H18O2. The highest BCUT2D eigenvalue weighted by molar-refractivity contribution is 4.95. The lowest BCUT2D eigenvalue weighted by Gasteiger charge is -2.50. The summed E-state index contributed by atoms with van der Waals surface area (Å²) in [5.74, 6) is 1.63. The number of hydrogen-bond donors (Lipinski definition) is 0. The summed E-state index contributed by atoms with van der Waals surface area (Å²) in [5.41, 5.74) is 0.0609. The van der Waals surface area contributed by atoms with E-state index in [1.165, 1.54) is 19.3 Å². The van der Waals surface area contributed by atoms with Crippen LogP contribution in [-0.4, -0.2) is 11.7 Å². The summed E-state index contributed by atoms with van der Waals surface area (Å²) in [6, 6.07) is 0. The number of fused-ring (bicyclic) bond motifs is 1. The second-order valence-electron chi connectivity index (χ2n) is 4.76. The van der Waals surface area contributed by atoms with Gasteiger partial charge in [-0.25, -0.2) is 9.78 Å². The average molecular weight is 170 g/mol. The molecule has 2 nitrogen and oxygen atoms in total. The normalized spacial score (nSPS) is 47.0. The summed E-state index contributed by atoms with van der Waals surface area (Å²) in [7, 11) is 0. The van der Waals surface area contributed by atoms with Crippen molar-refractivity contribution in [2.45, 2.75) is 51.7 Å². The molecule has 1 aliphatic carbocycles. The van der Waals surface area contributed by atoms with Crippen molar-refractivity contribution in [2.24, 2.45) is 11.8 Å². The quantitative estimate of drug-likeness (QED) is 0.563. The van der Waals surface area contributed by atoms with Gasteiger partial charge in [0.1, 0.15) is 11.7 Å². The minimum Gasteiger partial charge on any atom is -0.230 e. The molecule has 2 heteroatoms. The standard InChI is InChI=1S/C10H18O2/c1-7(2)8-4-5-10(3)9(6-8)11-12-10/h7-9H,4-6H2,1-3H3. The molecular weight excluding hydrogens is 152 g/mol. The molecule has 0 aromatic rings. The lowest BCUT2D eigenvalue weighted by molar-refractivity contribution is -0.515. The molecule has 1 aliphatic heterocycles. The molecule has 2 rings (SSSR count). The van der Waals surface area contributed by atoms with Gasteiger partial charge in [-0.2, -0.15) is 0 Å². The minimum absolute atomic E-state index is 0.0609. The topological polar surface area (TPSA) is 18.5 Å². The minimum atomic E-state index is 0.0609. The zero-order valence-electron chi connectivity index (χ0n) is 8.17. The molecule has 0 aromatic heterocycles. The summed E-state index contributed by atoms with van der Waals surface area (Å²) in [6.45, 7) is 6.76. The summed E-state index contributed by atoms with van der Waals surface area (Å²) < 4.78 is 0. The largest absolute Gasteiger partial charge is 0.230 e. The summed E-state index contributed by atoms with van der Waals surface area (Å²) in [6.07, 6.45) is 4.03. The fourth-order valence-corrected chi connectivity index (χ4v) is 2.24. The molecule has 0 bridgehead atoms. The Bertz CT molecular complexity index is 179. The molecule has 70 valence electrons. The Balaban J connectivity index is 1.96. The fourth-order valence-electron chi connectivity index (χ4n) is 2.24. The van der Waals surface area contributed by atoms with Gasteiger partial charge in [-0.15, -0.1) is 0 Å². The molecule has 1 heterocycles. The molecule has 0 N–H and O–H groups in total. The van der Waals surface area contributed by atoms with E-state index in [2.05, 4.69) is 20.8 Å². The Kier molecular flexibility index (Phi) is 1.92. The second-order valence-corrected chi connectivity index (χ2v) is 4.76. The van der Waals surface area contributed by atoms with Crippen LogP contribution in [0.2, 0.25) is 0 Å². The monoisotopic (exact) mass is 170 g/mol. The van der Waals surface area contributed by atoms with Gasteiger partial charge in [0.25, 0.3) is 0 Å². The zero-order chi connectivity index (χ0) is 8.77. The molecule has 0 spiro atoms. The molecule has 1 saturated heterocycles. The SMILES string of the molecule is CC(C)C1CCC2(C)OOC2C1. The molecule has 3 unspecified atom stereocenters. The van der Waals surface area contributed by atoms with Crippen LogP contribution in [-0.2, 0) is 9.78 Å². The second kappa shape index (κ2) is 2.71. The highest BCUT2D eigenvalue weighted by Gasteiger charge is 2.51. The molecule has 0 aromatic carbocycles. The Morgan fingerprint density at radius 1 is 1.42 bits per heavy atom.